The summed E-state index contributed by atoms with van der Waals surface area (Å²) in [7, 11) is 0. The maximum Gasteiger partial charge on any atom is 0.294 e. The molecule has 2 heterocycles. The molecule has 0 unspecified atom stereocenters. The predicted molar refractivity (Wildman–Crippen MR) is 102 cm³/mol. The number of unbranched alkanes of at least 4 members (excludes halogenated alkanes) is 1. The maximum atomic E-state index is 12.4. The SMILES string of the molecule is O=C(CCCCO[N+](=O)[O-])N1CCN=C1Nc1ccc2nccnc2c1Br. The standard InChI is InChI=1S/C16H17BrN6O4/c17-14-11(4-5-12-15(14)19-7-6-18-12)21-16-20-8-9-22(16)13(24)3-1-2-10-27-23(25)26/h4-7H,1-3,8-10H2,(H,20,21). The molecule has 142 valence electrons. The van der Waals surface area contributed by atoms with Crippen LogP contribution in [-0.2, 0) is 9.63 Å². The van der Waals surface area contributed by atoms with E-state index in [1.165, 1.54) is 0 Å². The lowest BCUT2D eigenvalue weighted by atomic mass is 10.2. The molecule has 0 bridgehead atoms. The summed E-state index contributed by atoms with van der Waals surface area (Å²) in [4.78, 5) is 41.3. The Morgan fingerprint density at radius 1 is 1.33 bits per heavy atom. The van der Waals surface area contributed by atoms with Crippen LogP contribution in [0.5, 0.6) is 0 Å². The second-order valence-electron chi connectivity index (χ2n) is 5.74. The Hall–Kier alpha value is -2.82. The number of hydrogen-bond donors (Lipinski definition) is 1. The van der Waals surface area contributed by atoms with Crippen molar-refractivity contribution in [3.8, 4) is 0 Å². The van der Waals surface area contributed by atoms with Crippen LogP contribution in [0.2, 0.25) is 0 Å². The number of halogens is 1. The number of benzene rings is 1. The second kappa shape index (κ2) is 8.71. The van der Waals surface area contributed by atoms with Gasteiger partial charge in [0, 0.05) is 25.4 Å². The summed E-state index contributed by atoms with van der Waals surface area (Å²) in [6.45, 7) is 1.01. The van der Waals surface area contributed by atoms with Gasteiger partial charge in [0.15, 0.2) is 0 Å². The predicted octanol–water partition coefficient (Wildman–Crippen LogP) is 2.38. The van der Waals surface area contributed by atoms with Crippen LogP contribution in [0, 0.1) is 10.1 Å². The number of carbonyl (C=O) groups is 1. The summed E-state index contributed by atoms with van der Waals surface area (Å²) in [5, 5.41) is 12.4. The highest BCUT2D eigenvalue weighted by Gasteiger charge is 2.24. The van der Waals surface area contributed by atoms with Gasteiger partial charge in [0.05, 0.1) is 28.8 Å². The molecule has 2 aromatic rings. The van der Waals surface area contributed by atoms with Crippen molar-refractivity contribution in [1.29, 1.82) is 0 Å². The minimum absolute atomic E-state index is 0.00938. The molecule has 3 rings (SSSR count). The Labute approximate surface area is 162 Å². The molecule has 0 fully saturated rings. The molecule has 27 heavy (non-hydrogen) atoms. The van der Waals surface area contributed by atoms with Crippen molar-refractivity contribution in [3.05, 3.63) is 39.1 Å². The summed E-state index contributed by atoms with van der Waals surface area (Å²) in [6.07, 6.45) is 4.45. The zero-order chi connectivity index (χ0) is 19.2. The molecule has 0 saturated carbocycles. The van der Waals surface area contributed by atoms with Crippen molar-refractivity contribution in [2.75, 3.05) is 25.0 Å². The Bertz CT molecular complexity index is 890. The van der Waals surface area contributed by atoms with E-state index in [0.717, 1.165) is 15.7 Å². The lowest BCUT2D eigenvalue weighted by Crippen LogP contribution is -2.38. The lowest BCUT2D eigenvalue weighted by molar-refractivity contribution is -0.757. The number of rotatable bonds is 7. The highest BCUT2D eigenvalue weighted by molar-refractivity contribution is 9.10. The Kier molecular flexibility index (Phi) is 6.12. The number of nitrogens with zero attached hydrogens (tertiary/aromatic N) is 5. The fourth-order valence-electron chi connectivity index (χ4n) is 2.67. The highest BCUT2D eigenvalue weighted by Crippen LogP contribution is 2.29. The molecule has 11 heteroatoms. The van der Waals surface area contributed by atoms with E-state index < -0.39 is 5.09 Å². The lowest BCUT2D eigenvalue weighted by Gasteiger charge is -2.20. The van der Waals surface area contributed by atoms with Crippen molar-refractivity contribution in [2.45, 2.75) is 19.3 Å². The van der Waals surface area contributed by atoms with Gasteiger partial charge in [-0.1, -0.05) is 0 Å². The smallest absolute Gasteiger partial charge is 0.294 e. The molecule has 10 nitrogen and oxygen atoms in total. The fraction of sp³-hybridized carbons (Fsp3) is 0.375. The largest absolute Gasteiger partial charge is 0.325 e. The van der Waals surface area contributed by atoms with Crippen LogP contribution >= 0.6 is 15.9 Å². The molecule has 0 saturated heterocycles. The van der Waals surface area contributed by atoms with Crippen LogP contribution < -0.4 is 5.32 Å². The zero-order valence-electron chi connectivity index (χ0n) is 14.3. The molecular formula is C16H17BrN6O4. The van der Waals surface area contributed by atoms with E-state index in [0.29, 0.717) is 37.4 Å². The first-order valence-corrected chi connectivity index (χ1v) is 9.14. The average Bonchev–Trinajstić information content (AvgIpc) is 3.12. The molecular weight excluding hydrogens is 420 g/mol. The van der Waals surface area contributed by atoms with Gasteiger partial charge in [0.25, 0.3) is 5.09 Å². The first-order chi connectivity index (χ1) is 13.1. The van der Waals surface area contributed by atoms with Gasteiger partial charge in [-0.25, -0.2) is 0 Å². The third-order valence-corrected chi connectivity index (χ3v) is 4.75. The highest BCUT2D eigenvalue weighted by atomic mass is 79.9. The minimum atomic E-state index is -0.831. The van der Waals surface area contributed by atoms with Gasteiger partial charge >= 0.3 is 0 Å². The monoisotopic (exact) mass is 436 g/mol. The number of fused-ring (bicyclic) bond motifs is 1. The minimum Gasteiger partial charge on any atom is -0.325 e. The number of guanidine groups is 1. The third-order valence-electron chi connectivity index (χ3n) is 3.95. The first-order valence-electron chi connectivity index (χ1n) is 8.34. The van der Waals surface area contributed by atoms with Gasteiger partial charge in [0.1, 0.15) is 5.52 Å². The van der Waals surface area contributed by atoms with Gasteiger partial charge < -0.3 is 10.2 Å². The second-order valence-corrected chi connectivity index (χ2v) is 6.53. The van der Waals surface area contributed by atoms with Crippen molar-refractivity contribution in [1.82, 2.24) is 14.9 Å². The van der Waals surface area contributed by atoms with Crippen LogP contribution in [0.15, 0.2) is 34.0 Å². The molecule has 1 amide bonds. The van der Waals surface area contributed by atoms with Crippen LogP contribution in [0.1, 0.15) is 19.3 Å². The molecule has 0 atom stereocenters. The molecule has 1 aromatic heterocycles. The normalized spacial score (nSPS) is 13.5. The molecule has 0 spiro atoms. The quantitative estimate of drug-likeness (QED) is 0.401. The van der Waals surface area contributed by atoms with E-state index in [1.54, 1.807) is 17.3 Å². The van der Waals surface area contributed by atoms with Crippen molar-refractivity contribution in [3.63, 3.8) is 0 Å². The van der Waals surface area contributed by atoms with E-state index >= 15 is 0 Å². The third kappa shape index (κ3) is 4.67. The van der Waals surface area contributed by atoms with Gasteiger partial charge in [-0.3, -0.25) is 24.7 Å². The number of aliphatic imine (C=N–C) groups is 1. The Morgan fingerprint density at radius 3 is 2.96 bits per heavy atom. The van der Waals surface area contributed by atoms with Crippen molar-refractivity contribution in [2.24, 2.45) is 4.99 Å². The summed E-state index contributed by atoms with van der Waals surface area (Å²) >= 11 is 3.52. The summed E-state index contributed by atoms with van der Waals surface area (Å²) in [6, 6.07) is 3.69. The molecule has 1 aromatic carbocycles. The van der Waals surface area contributed by atoms with Gasteiger partial charge in [0.2, 0.25) is 11.9 Å². The van der Waals surface area contributed by atoms with E-state index in [4.69, 9.17) is 0 Å². The van der Waals surface area contributed by atoms with Crippen LogP contribution in [-0.4, -0.2) is 51.5 Å². The van der Waals surface area contributed by atoms with Crippen LogP contribution in [0.3, 0.4) is 0 Å². The number of nitrogens with one attached hydrogen (secondary N) is 1. The number of carbonyl (C=O) groups excluding carboxylic acids is 1. The van der Waals surface area contributed by atoms with Crippen LogP contribution in [0.4, 0.5) is 5.69 Å². The first kappa shape index (κ1) is 19.0. The molecule has 0 radical (unpaired) electrons. The molecule has 0 aliphatic carbocycles. The Balaban J connectivity index is 1.61. The number of aromatic nitrogens is 2. The molecule has 1 N–H and O–H groups in total. The summed E-state index contributed by atoms with van der Waals surface area (Å²) in [5.41, 5.74) is 2.21. The summed E-state index contributed by atoms with van der Waals surface area (Å²) < 4.78 is 0.743. The van der Waals surface area contributed by atoms with E-state index in [2.05, 4.69) is 41.0 Å². The van der Waals surface area contributed by atoms with Gasteiger partial charge in [-0.15, -0.1) is 10.1 Å². The van der Waals surface area contributed by atoms with Crippen molar-refractivity contribution >= 4 is 44.5 Å². The zero-order valence-corrected chi connectivity index (χ0v) is 15.9. The van der Waals surface area contributed by atoms with E-state index in [9.17, 15) is 14.9 Å². The fourth-order valence-corrected chi connectivity index (χ4v) is 3.21. The average molecular weight is 437 g/mol. The number of hydrogen-bond acceptors (Lipinski definition) is 8. The van der Waals surface area contributed by atoms with Gasteiger partial charge in [-0.05, 0) is 40.9 Å². The number of anilines is 1. The summed E-state index contributed by atoms with van der Waals surface area (Å²) in [5.74, 6) is 0.391. The maximum absolute atomic E-state index is 12.4. The molecule has 1 aliphatic rings. The molecule has 1 aliphatic heterocycles. The van der Waals surface area contributed by atoms with Gasteiger partial charge in [-0.2, -0.15) is 0 Å². The Morgan fingerprint density at radius 2 is 2.15 bits per heavy atom. The topological polar surface area (TPSA) is 123 Å². The number of amides is 1. The van der Waals surface area contributed by atoms with Crippen molar-refractivity contribution < 1.29 is 14.7 Å². The van der Waals surface area contributed by atoms with Crippen LogP contribution in [0.25, 0.3) is 11.0 Å². The van der Waals surface area contributed by atoms with E-state index in [-0.39, 0.29) is 18.9 Å². The van der Waals surface area contributed by atoms with E-state index in [1.807, 2.05) is 12.1 Å².